The Bertz CT molecular complexity index is 942. The van der Waals surface area contributed by atoms with Crippen molar-refractivity contribution in [1.82, 2.24) is 4.90 Å². The van der Waals surface area contributed by atoms with E-state index < -0.39 is 18.1 Å². The lowest BCUT2D eigenvalue weighted by molar-refractivity contribution is -0.139. The number of aliphatic carboxylic acids is 1. The Labute approximate surface area is 181 Å². The Morgan fingerprint density at radius 3 is 2.68 bits per heavy atom. The van der Waals surface area contributed by atoms with Gasteiger partial charge >= 0.3 is 5.97 Å². The normalized spacial score (nSPS) is 15.3. The van der Waals surface area contributed by atoms with Crippen LogP contribution in [-0.2, 0) is 20.9 Å². The van der Waals surface area contributed by atoms with Crippen LogP contribution in [0.4, 0.5) is 0 Å². The topological polar surface area (TPSA) is 93.0 Å². The summed E-state index contributed by atoms with van der Waals surface area (Å²) in [5.74, 6) is -1.03. The van der Waals surface area contributed by atoms with Gasteiger partial charge in [-0.1, -0.05) is 52.3 Å². The van der Waals surface area contributed by atoms with Gasteiger partial charge < -0.3 is 19.5 Å². The Morgan fingerprint density at radius 2 is 2.06 bits per heavy atom. The maximum atomic E-state index is 11.7. The van der Waals surface area contributed by atoms with Crippen LogP contribution in [-0.4, -0.2) is 41.4 Å². The Hall–Kier alpha value is -3.55. The van der Waals surface area contributed by atoms with Gasteiger partial charge in [0.15, 0.2) is 6.73 Å². The lowest BCUT2D eigenvalue weighted by atomic mass is 9.95. The first-order valence-corrected chi connectivity index (χ1v) is 10.1. The third kappa shape index (κ3) is 5.97. The number of nitrogens with zero attached hydrogens (tertiary/aromatic N) is 3. The zero-order valence-electron chi connectivity index (χ0n) is 17.9. The van der Waals surface area contributed by atoms with Crippen molar-refractivity contribution in [2.75, 3.05) is 13.3 Å². The molecule has 1 aliphatic heterocycles. The number of hydrogen-bond acceptors (Lipinski definition) is 7. The molecule has 3 rings (SSSR count). The molecule has 2 unspecified atom stereocenters. The van der Waals surface area contributed by atoms with E-state index in [0.29, 0.717) is 31.2 Å². The Balaban J connectivity index is 1.74. The maximum absolute atomic E-state index is 11.7. The van der Waals surface area contributed by atoms with Crippen LogP contribution in [0.3, 0.4) is 0 Å². The van der Waals surface area contributed by atoms with Gasteiger partial charge in [-0.05, 0) is 44.9 Å². The molecule has 0 bridgehead atoms. The third-order valence-electron chi connectivity index (χ3n) is 4.86. The summed E-state index contributed by atoms with van der Waals surface area (Å²) < 4.78 is 6.24. The van der Waals surface area contributed by atoms with Crippen LogP contribution in [0.5, 0.6) is 5.75 Å². The van der Waals surface area contributed by atoms with E-state index in [0.717, 1.165) is 16.7 Å². The second-order valence-electron chi connectivity index (χ2n) is 7.27. The zero-order valence-corrected chi connectivity index (χ0v) is 17.9. The minimum atomic E-state index is -0.936. The van der Waals surface area contributed by atoms with Crippen LogP contribution in [0.2, 0.25) is 0 Å². The van der Waals surface area contributed by atoms with Gasteiger partial charge in [0.1, 0.15) is 24.6 Å². The van der Waals surface area contributed by atoms with Gasteiger partial charge in [0.05, 0.1) is 5.71 Å². The summed E-state index contributed by atoms with van der Waals surface area (Å²) in [6.45, 7) is 6.19. The van der Waals surface area contributed by atoms with Crippen LogP contribution < -0.4 is 4.74 Å². The first-order chi connectivity index (χ1) is 15.0. The first-order valence-electron chi connectivity index (χ1n) is 10.1. The Morgan fingerprint density at radius 1 is 1.29 bits per heavy atom. The van der Waals surface area contributed by atoms with Crippen molar-refractivity contribution in [3.63, 3.8) is 0 Å². The average molecular weight is 425 g/mol. The molecular weight excluding hydrogens is 398 g/mol. The monoisotopic (exact) mass is 425 g/mol. The highest BCUT2D eigenvalue weighted by atomic mass is 16.7. The molecule has 8 heteroatoms. The average Bonchev–Trinajstić information content (AvgIpc) is 3.29. The van der Waals surface area contributed by atoms with Gasteiger partial charge in [0.2, 0.25) is 6.23 Å². The molecule has 0 amide bonds. The van der Waals surface area contributed by atoms with Crippen molar-refractivity contribution in [2.45, 2.75) is 33.4 Å². The molecule has 1 N–H and O–H groups in total. The van der Waals surface area contributed by atoms with E-state index in [1.165, 1.54) is 0 Å². The van der Waals surface area contributed by atoms with E-state index in [4.69, 9.17) is 14.4 Å². The summed E-state index contributed by atoms with van der Waals surface area (Å²) in [6.07, 6.45) is 1.52. The van der Waals surface area contributed by atoms with Crippen LogP contribution in [0.25, 0.3) is 0 Å². The van der Waals surface area contributed by atoms with Gasteiger partial charge in [-0.2, -0.15) is 0 Å². The van der Waals surface area contributed by atoms with Gasteiger partial charge in [0, 0.05) is 5.56 Å². The van der Waals surface area contributed by atoms with E-state index in [1.54, 1.807) is 20.2 Å². The predicted octanol–water partition coefficient (Wildman–Crippen LogP) is 3.96. The third-order valence-corrected chi connectivity index (χ3v) is 4.86. The van der Waals surface area contributed by atoms with Crippen molar-refractivity contribution in [3.8, 4) is 5.75 Å². The summed E-state index contributed by atoms with van der Waals surface area (Å²) in [5.41, 5.74) is 3.41. The second-order valence-corrected chi connectivity index (χ2v) is 7.27. The van der Waals surface area contributed by atoms with E-state index >= 15 is 0 Å². The number of carboxylic acid groups (broad SMARTS) is 1. The fraction of sp³-hybridized carbons (Fsp3) is 0.348. The summed E-state index contributed by atoms with van der Waals surface area (Å²) >= 11 is 0. The minimum absolute atomic E-state index is 0.301. The largest absolute Gasteiger partial charge is 0.481 e. The van der Waals surface area contributed by atoms with Crippen LogP contribution in [0.1, 0.15) is 36.8 Å². The molecule has 1 aliphatic rings. The van der Waals surface area contributed by atoms with Crippen molar-refractivity contribution in [1.29, 1.82) is 0 Å². The molecule has 8 nitrogen and oxygen atoms in total. The zero-order chi connectivity index (χ0) is 22.2. The minimum Gasteiger partial charge on any atom is -0.481 e. The fourth-order valence-electron chi connectivity index (χ4n) is 3.22. The molecule has 0 saturated carbocycles. The first kappa shape index (κ1) is 22.1. The van der Waals surface area contributed by atoms with Gasteiger partial charge in [0.25, 0.3) is 0 Å². The number of rotatable bonds is 10. The number of carbonyl (C=O) groups is 1. The fourth-order valence-corrected chi connectivity index (χ4v) is 3.22. The lowest BCUT2D eigenvalue weighted by Gasteiger charge is -2.26. The molecule has 0 fully saturated rings. The molecule has 1 heterocycles. The highest BCUT2D eigenvalue weighted by Gasteiger charge is 2.25. The summed E-state index contributed by atoms with van der Waals surface area (Å²) in [5, 5.41) is 17.3. The number of oxime groups is 2. The number of hydrogen-bond donors (Lipinski definition) is 1. The Kier molecular flexibility index (Phi) is 7.48. The van der Waals surface area contributed by atoms with Gasteiger partial charge in [-0.15, -0.1) is 0 Å². The van der Waals surface area contributed by atoms with Gasteiger partial charge in [-0.25, -0.2) is 0 Å². The summed E-state index contributed by atoms with van der Waals surface area (Å²) in [6, 6.07) is 15.5. The molecule has 164 valence electrons. The lowest BCUT2D eigenvalue weighted by Crippen LogP contribution is -2.30. The van der Waals surface area contributed by atoms with Crippen molar-refractivity contribution >= 4 is 18.0 Å². The molecule has 0 saturated heterocycles. The van der Waals surface area contributed by atoms with Gasteiger partial charge in [-0.3, -0.25) is 9.69 Å². The molecule has 0 aromatic heterocycles. The number of benzene rings is 2. The molecule has 2 aromatic carbocycles. The number of ether oxygens (including phenoxy) is 1. The van der Waals surface area contributed by atoms with Crippen LogP contribution in [0, 0.1) is 12.8 Å². The SMILES string of the molecule is CCO/N=C(\C)C(Cc1ccc(OC(c2cccc(C)c2)N2C=NOC2)cc1)C(=O)O. The van der Waals surface area contributed by atoms with Crippen LogP contribution in [0.15, 0.2) is 58.8 Å². The quantitative estimate of drug-likeness (QED) is 0.457. The van der Waals surface area contributed by atoms with E-state index in [9.17, 15) is 9.90 Å². The van der Waals surface area contributed by atoms with E-state index in [2.05, 4.69) is 16.4 Å². The highest BCUT2D eigenvalue weighted by molar-refractivity contribution is 6.00. The molecular formula is C23H27N3O5. The summed E-state index contributed by atoms with van der Waals surface area (Å²) in [4.78, 5) is 23.6. The smallest absolute Gasteiger partial charge is 0.312 e. The van der Waals surface area contributed by atoms with Crippen LogP contribution >= 0.6 is 0 Å². The number of aryl methyl sites for hydroxylation is 1. The standard InChI is InChI=1S/C23H27N3O5/c1-4-29-25-17(3)21(23(27)28)13-18-8-10-20(11-9-18)31-22(26-14-24-30-15-26)19-7-5-6-16(2)12-19/h5-12,14,21-22H,4,13,15H2,1-3H3,(H,27,28)/b25-17+. The highest BCUT2D eigenvalue weighted by Crippen LogP contribution is 2.27. The molecule has 0 radical (unpaired) electrons. The molecule has 2 aromatic rings. The van der Waals surface area contributed by atoms with Crippen molar-refractivity contribution < 1.29 is 24.3 Å². The summed E-state index contributed by atoms with van der Waals surface area (Å²) in [7, 11) is 0. The molecule has 0 spiro atoms. The van der Waals surface area contributed by atoms with Crippen molar-refractivity contribution in [2.24, 2.45) is 16.2 Å². The predicted molar refractivity (Wildman–Crippen MR) is 117 cm³/mol. The number of carboxylic acids is 1. The maximum Gasteiger partial charge on any atom is 0.312 e. The van der Waals surface area contributed by atoms with Crippen molar-refractivity contribution in [3.05, 3.63) is 65.2 Å². The second kappa shape index (κ2) is 10.5. The molecule has 31 heavy (non-hydrogen) atoms. The molecule has 0 aliphatic carbocycles. The van der Waals surface area contributed by atoms with E-state index in [1.807, 2.05) is 54.3 Å². The van der Waals surface area contributed by atoms with E-state index in [-0.39, 0.29) is 0 Å². The molecule has 2 atom stereocenters.